The molecular weight excluding hydrogens is 447 g/mol. The van der Waals surface area contributed by atoms with E-state index in [9.17, 15) is 9.18 Å². The lowest BCUT2D eigenvalue weighted by Gasteiger charge is -2.45. The summed E-state index contributed by atoms with van der Waals surface area (Å²) >= 11 is 3.57. The van der Waals surface area contributed by atoms with Crippen molar-refractivity contribution in [2.75, 3.05) is 18.0 Å². The Balaban J connectivity index is 1.69. The molecule has 2 atom stereocenters. The quantitative estimate of drug-likeness (QED) is 0.631. The highest BCUT2D eigenvalue weighted by Gasteiger charge is 2.50. The fourth-order valence-electron chi connectivity index (χ4n) is 4.77. The van der Waals surface area contributed by atoms with Crippen LogP contribution in [0, 0.1) is 5.82 Å². The van der Waals surface area contributed by atoms with E-state index in [4.69, 9.17) is 4.74 Å². The summed E-state index contributed by atoms with van der Waals surface area (Å²) in [6.45, 7) is 7.14. The van der Waals surface area contributed by atoms with Crippen LogP contribution in [0.5, 0.6) is 0 Å². The number of hydrogen-bond donors (Lipinski definition) is 1. The highest BCUT2D eigenvalue weighted by molar-refractivity contribution is 9.10. The maximum absolute atomic E-state index is 13.3. The summed E-state index contributed by atoms with van der Waals surface area (Å²) < 4.78 is 19.9. The number of fused-ring (bicyclic) bond motifs is 3. The lowest BCUT2D eigenvalue weighted by Crippen LogP contribution is -2.55. The van der Waals surface area contributed by atoms with Crippen LogP contribution < -0.4 is 10.2 Å². The van der Waals surface area contributed by atoms with Crippen LogP contribution in [0.15, 0.2) is 46.9 Å². The fraction of sp³-hybridized carbons (Fsp3) is 0.458. The van der Waals surface area contributed by atoms with Crippen LogP contribution >= 0.6 is 15.9 Å². The molecule has 2 aromatic rings. The van der Waals surface area contributed by atoms with Gasteiger partial charge in [-0.3, -0.25) is 4.90 Å². The average molecular weight is 475 g/mol. The molecule has 1 saturated heterocycles. The summed E-state index contributed by atoms with van der Waals surface area (Å²) in [5, 5.41) is 3.63. The standard InChI is InChI=1S/C24H28BrFN2O2/c1-23(2,3)30-22(29)28-15-21-24(12-13-27-21,19-9-6-17(25)14-20(19)28)11-10-16-4-7-18(26)8-5-16/h4-9,14,21,27H,10-13,15H2,1-3H3. The molecule has 160 valence electrons. The van der Waals surface area contributed by atoms with Crippen LogP contribution in [-0.4, -0.2) is 30.8 Å². The molecule has 2 aromatic carbocycles. The number of benzene rings is 2. The van der Waals surface area contributed by atoms with Crippen molar-refractivity contribution in [1.82, 2.24) is 5.32 Å². The number of anilines is 1. The van der Waals surface area contributed by atoms with Crippen LogP contribution in [0.4, 0.5) is 14.9 Å². The number of rotatable bonds is 3. The number of carbonyl (C=O) groups excluding carboxylic acids is 1. The second-order valence-electron chi connectivity index (χ2n) is 9.29. The molecule has 2 aliphatic heterocycles. The minimum absolute atomic E-state index is 0.0665. The van der Waals surface area contributed by atoms with E-state index < -0.39 is 5.60 Å². The van der Waals surface area contributed by atoms with Crippen molar-refractivity contribution in [2.45, 2.75) is 57.1 Å². The molecule has 30 heavy (non-hydrogen) atoms. The maximum Gasteiger partial charge on any atom is 0.414 e. The van der Waals surface area contributed by atoms with Crippen molar-refractivity contribution < 1.29 is 13.9 Å². The van der Waals surface area contributed by atoms with Crippen LogP contribution in [0.2, 0.25) is 0 Å². The van der Waals surface area contributed by atoms with E-state index >= 15 is 0 Å². The highest BCUT2D eigenvalue weighted by atomic mass is 79.9. The first-order valence-corrected chi connectivity index (χ1v) is 11.3. The van der Waals surface area contributed by atoms with Gasteiger partial charge in [-0.15, -0.1) is 0 Å². The lowest BCUT2D eigenvalue weighted by molar-refractivity contribution is 0.0569. The Bertz CT molecular complexity index is 941. The summed E-state index contributed by atoms with van der Waals surface area (Å²) in [4.78, 5) is 14.8. The molecule has 2 aliphatic rings. The minimum atomic E-state index is -0.552. The van der Waals surface area contributed by atoms with Crippen molar-refractivity contribution in [1.29, 1.82) is 0 Å². The first kappa shape index (κ1) is 21.3. The predicted octanol–water partition coefficient (Wildman–Crippen LogP) is 5.58. The second kappa shape index (κ2) is 7.97. The molecule has 0 aliphatic carbocycles. The van der Waals surface area contributed by atoms with Gasteiger partial charge in [0.25, 0.3) is 0 Å². The molecule has 0 spiro atoms. The Kier molecular flexibility index (Phi) is 5.66. The number of ether oxygens (including phenoxy) is 1. The zero-order chi connectivity index (χ0) is 21.5. The number of halogens is 2. The molecule has 0 bridgehead atoms. The second-order valence-corrected chi connectivity index (χ2v) is 10.2. The van der Waals surface area contributed by atoms with Crippen LogP contribution in [0.25, 0.3) is 0 Å². The molecule has 0 saturated carbocycles. The van der Waals surface area contributed by atoms with Gasteiger partial charge in [0.1, 0.15) is 11.4 Å². The van der Waals surface area contributed by atoms with Crippen LogP contribution in [0.3, 0.4) is 0 Å². The third kappa shape index (κ3) is 4.12. The first-order valence-electron chi connectivity index (χ1n) is 10.5. The van der Waals surface area contributed by atoms with E-state index in [0.29, 0.717) is 6.54 Å². The van der Waals surface area contributed by atoms with Crippen molar-refractivity contribution >= 4 is 27.7 Å². The van der Waals surface area contributed by atoms with Gasteiger partial charge in [0.15, 0.2) is 0 Å². The van der Waals surface area contributed by atoms with Gasteiger partial charge in [-0.1, -0.05) is 34.1 Å². The molecule has 2 heterocycles. The van der Waals surface area contributed by atoms with Gasteiger partial charge in [0, 0.05) is 22.5 Å². The first-order chi connectivity index (χ1) is 14.2. The van der Waals surface area contributed by atoms with Crippen molar-refractivity contribution in [3.05, 3.63) is 63.9 Å². The van der Waals surface area contributed by atoms with Gasteiger partial charge in [0.05, 0.1) is 5.69 Å². The van der Waals surface area contributed by atoms with E-state index in [1.807, 2.05) is 45.0 Å². The molecular formula is C24H28BrFN2O2. The SMILES string of the molecule is CC(C)(C)OC(=O)N1CC2NCCC2(CCc2ccc(F)cc2)c2ccc(Br)cc21. The number of hydrogen-bond acceptors (Lipinski definition) is 3. The van der Waals surface area contributed by atoms with Gasteiger partial charge in [-0.05, 0) is 82.0 Å². The summed E-state index contributed by atoms with van der Waals surface area (Å²) in [6.07, 6.45) is 2.49. The molecule has 0 radical (unpaired) electrons. The normalized spacial score (nSPS) is 23.1. The molecule has 1 amide bonds. The number of nitrogens with one attached hydrogen (secondary N) is 1. The van der Waals surface area contributed by atoms with Gasteiger partial charge >= 0.3 is 6.09 Å². The van der Waals surface area contributed by atoms with Gasteiger partial charge in [-0.2, -0.15) is 0 Å². The van der Waals surface area contributed by atoms with E-state index in [1.165, 1.54) is 17.7 Å². The highest BCUT2D eigenvalue weighted by Crippen LogP contribution is 2.48. The third-order valence-electron chi connectivity index (χ3n) is 6.17. The summed E-state index contributed by atoms with van der Waals surface area (Å²) in [5.74, 6) is -0.210. The zero-order valence-corrected chi connectivity index (χ0v) is 19.3. The Labute approximate surface area is 185 Å². The van der Waals surface area contributed by atoms with Crippen LogP contribution in [-0.2, 0) is 16.6 Å². The topological polar surface area (TPSA) is 41.6 Å². The summed E-state index contributed by atoms with van der Waals surface area (Å²) in [5.41, 5.74) is 2.61. The van der Waals surface area contributed by atoms with Crippen molar-refractivity contribution in [2.24, 2.45) is 0 Å². The Morgan fingerprint density at radius 1 is 1.27 bits per heavy atom. The van der Waals surface area contributed by atoms with E-state index in [0.717, 1.165) is 41.5 Å². The van der Waals surface area contributed by atoms with E-state index in [-0.39, 0.29) is 23.4 Å². The molecule has 4 nitrogen and oxygen atoms in total. The Morgan fingerprint density at radius 3 is 2.70 bits per heavy atom. The van der Waals surface area contributed by atoms with E-state index in [1.54, 1.807) is 4.90 Å². The van der Waals surface area contributed by atoms with Gasteiger partial charge in [0.2, 0.25) is 0 Å². The fourth-order valence-corrected chi connectivity index (χ4v) is 5.12. The maximum atomic E-state index is 13.3. The van der Waals surface area contributed by atoms with Gasteiger partial charge in [-0.25, -0.2) is 9.18 Å². The zero-order valence-electron chi connectivity index (χ0n) is 17.7. The largest absolute Gasteiger partial charge is 0.443 e. The number of amides is 1. The Morgan fingerprint density at radius 2 is 2.00 bits per heavy atom. The predicted molar refractivity (Wildman–Crippen MR) is 121 cm³/mol. The average Bonchev–Trinajstić information content (AvgIpc) is 3.09. The number of carbonyl (C=O) groups is 1. The van der Waals surface area contributed by atoms with Crippen molar-refractivity contribution in [3.63, 3.8) is 0 Å². The molecule has 1 N–H and O–H groups in total. The molecule has 6 heteroatoms. The van der Waals surface area contributed by atoms with E-state index in [2.05, 4.69) is 27.3 Å². The third-order valence-corrected chi connectivity index (χ3v) is 6.66. The minimum Gasteiger partial charge on any atom is -0.443 e. The number of nitrogens with zero attached hydrogens (tertiary/aromatic N) is 1. The molecule has 0 aromatic heterocycles. The summed E-state index contributed by atoms with van der Waals surface area (Å²) in [6, 6.07) is 13.1. The molecule has 4 rings (SSSR count). The van der Waals surface area contributed by atoms with Gasteiger partial charge < -0.3 is 10.1 Å². The number of aryl methyl sites for hydroxylation is 1. The van der Waals surface area contributed by atoms with Crippen LogP contribution in [0.1, 0.15) is 44.7 Å². The Hall–Kier alpha value is -1.92. The summed E-state index contributed by atoms with van der Waals surface area (Å²) in [7, 11) is 0. The molecule has 2 unspecified atom stereocenters. The lowest BCUT2D eigenvalue weighted by atomic mass is 9.68. The molecule has 1 fully saturated rings. The monoisotopic (exact) mass is 474 g/mol. The van der Waals surface area contributed by atoms with Crippen molar-refractivity contribution in [3.8, 4) is 0 Å². The smallest absolute Gasteiger partial charge is 0.414 e.